The molecular formula is C35H50F9N3O3. The first-order valence-electron chi connectivity index (χ1n) is 17.9. The summed E-state index contributed by atoms with van der Waals surface area (Å²) in [6.07, 6.45) is -13.8. The van der Waals surface area contributed by atoms with E-state index in [1.165, 1.54) is 11.1 Å². The number of nitrogens with zero attached hydrogens (tertiary/aromatic N) is 2. The van der Waals surface area contributed by atoms with Gasteiger partial charge in [-0.05, 0) is 117 Å². The van der Waals surface area contributed by atoms with E-state index < -0.39 is 37.2 Å². The maximum Gasteiger partial charge on any atom is 0.435 e. The third-order valence-electron chi connectivity index (χ3n) is 11.8. The maximum atomic E-state index is 13.2. The number of halogens is 9. The minimum atomic E-state index is -6.73. The van der Waals surface area contributed by atoms with Crippen molar-refractivity contribution >= 4 is 0 Å². The fourth-order valence-electron chi connectivity index (χ4n) is 9.14. The van der Waals surface area contributed by atoms with Crippen LogP contribution in [0.2, 0.25) is 0 Å². The predicted molar refractivity (Wildman–Crippen MR) is 169 cm³/mol. The second kappa shape index (κ2) is 15.7. The van der Waals surface area contributed by atoms with Crippen LogP contribution in [0, 0.1) is 17.3 Å². The van der Waals surface area contributed by atoms with Crippen molar-refractivity contribution in [1.82, 2.24) is 9.80 Å². The first-order chi connectivity index (χ1) is 23.5. The number of hydrogen-bond donors (Lipinski definition) is 1. The van der Waals surface area contributed by atoms with E-state index in [1.54, 1.807) is 0 Å². The molecule has 4 aliphatic rings. The molecule has 5 atom stereocenters. The smallest absolute Gasteiger partial charge is 0.435 e. The van der Waals surface area contributed by atoms with Crippen LogP contribution in [0.5, 0.6) is 5.75 Å². The zero-order valence-electron chi connectivity index (χ0n) is 28.6. The van der Waals surface area contributed by atoms with Gasteiger partial charge in [0.2, 0.25) is 0 Å². The first-order valence-corrected chi connectivity index (χ1v) is 17.9. The second-order valence-corrected chi connectivity index (χ2v) is 14.7. The molecule has 1 aromatic rings. The van der Waals surface area contributed by atoms with Crippen LogP contribution in [0.4, 0.5) is 39.5 Å². The molecule has 3 fully saturated rings. The normalized spacial score (nSPS) is 28.3. The fraction of sp³-hybridized carbons (Fsp3) is 0.829. The van der Waals surface area contributed by atoms with Gasteiger partial charge in [0, 0.05) is 39.3 Å². The van der Waals surface area contributed by atoms with Gasteiger partial charge >= 0.3 is 24.1 Å². The summed E-state index contributed by atoms with van der Waals surface area (Å²) >= 11 is 0. The molecule has 0 bridgehead atoms. The fourth-order valence-corrected chi connectivity index (χ4v) is 9.14. The van der Waals surface area contributed by atoms with Crippen LogP contribution in [0.3, 0.4) is 0 Å². The van der Waals surface area contributed by atoms with Gasteiger partial charge in [0.05, 0.1) is 19.3 Å². The van der Waals surface area contributed by atoms with E-state index in [0.29, 0.717) is 30.8 Å². The lowest BCUT2D eigenvalue weighted by Crippen LogP contribution is -2.67. The molecule has 0 radical (unpaired) electrons. The van der Waals surface area contributed by atoms with Crippen molar-refractivity contribution in [2.24, 2.45) is 23.0 Å². The Morgan fingerprint density at radius 1 is 0.780 bits per heavy atom. The van der Waals surface area contributed by atoms with Crippen LogP contribution < -0.4 is 10.5 Å². The standard InChI is InChI=1S/C35H50F9N3O3/c1-31-12-11-27-26-8-6-25(48-20-3-15-47-18-16-46(17-19-47)14-2-13-45)23-24(26)5-7-28(27)29(31)9-10-30(31)49-21-4-22-50-32(33(36,37)38,34(39,40)41)35(42,43)44/h6,8,23,27-30H,2-5,7,9-22,45H2,1H3/t27?,28?,29?,30-,31-/m0/s1. The molecule has 0 amide bonds. The maximum absolute atomic E-state index is 13.2. The highest BCUT2D eigenvalue weighted by Gasteiger charge is 2.85. The van der Waals surface area contributed by atoms with Crippen molar-refractivity contribution in [3.8, 4) is 5.75 Å². The van der Waals surface area contributed by atoms with Crippen LogP contribution in [0.25, 0.3) is 0 Å². The molecule has 2 N–H and O–H groups in total. The molecule has 3 aliphatic carbocycles. The van der Waals surface area contributed by atoms with E-state index in [4.69, 9.17) is 15.2 Å². The third-order valence-corrected chi connectivity index (χ3v) is 11.8. The summed E-state index contributed by atoms with van der Waals surface area (Å²) < 4.78 is 134. The van der Waals surface area contributed by atoms with Gasteiger partial charge in [-0.15, -0.1) is 0 Å². The van der Waals surface area contributed by atoms with Crippen molar-refractivity contribution in [1.29, 1.82) is 0 Å². The molecule has 5 rings (SSSR count). The van der Waals surface area contributed by atoms with Crippen LogP contribution in [0.1, 0.15) is 75.3 Å². The zero-order chi connectivity index (χ0) is 36.4. The van der Waals surface area contributed by atoms with E-state index >= 15 is 0 Å². The largest absolute Gasteiger partial charge is 0.494 e. The molecule has 50 heavy (non-hydrogen) atoms. The predicted octanol–water partition coefficient (Wildman–Crippen LogP) is 7.50. The van der Waals surface area contributed by atoms with Gasteiger partial charge in [0.1, 0.15) is 5.75 Å². The Bertz CT molecular complexity index is 1220. The summed E-state index contributed by atoms with van der Waals surface area (Å²) in [5.41, 5.74) is 1.78. The molecule has 286 valence electrons. The molecule has 1 saturated heterocycles. The molecule has 2 saturated carbocycles. The van der Waals surface area contributed by atoms with E-state index in [1.807, 2.05) is 0 Å². The van der Waals surface area contributed by atoms with Gasteiger partial charge in [0.15, 0.2) is 0 Å². The van der Waals surface area contributed by atoms with Crippen LogP contribution in [-0.4, -0.2) is 106 Å². The average molecular weight is 732 g/mol. The summed E-state index contributed by atoms with van der Waals surface area (Å²) in [4.78, 5) is 4.95. The molecule has 1 heterocycles. The highest BCUT2D eigenvalue weighted by Crippen LogP contribution is 2.62. The van der Waals surface area contributed by atoms with Crippen molar-refractivity contribution in [2.45, 2.75) is 101 Å². The van der Waals surface area contributed by atoms with Gasteiger partial charge in [-0.2, -0.15) is 39.5 Å². The lowest BCUT2D eigenvalue weighted by atomic mass is 9.55. The zero-order valence-corrected chi connectivity index (χ0v) is 28.6. The number of fused-ring (bicyclic) bond motifs is 5. The first kappa shape index (κ1) is 39.4. The van der Waals surface area contributed by atoms with E-state index in [0.717, 1.165) is 96.5 Å². The molecule has 0 aromatic heterocycles. The summed E-state index contributed by atoms with van der Waals surface area (Å²) in [5, 5.41) is 0. The number of piperazine rings is 1. The van der Waals surface area contributed by atoms with Gasteiger partial charge in [0.25, 0.3) is 0 Å². The average Bonchev–Trinajstić information content (AvgIpc) is 3.38. The lowest BCUT2D eigenvalue weighted by Gasteiger charge is -2.50. The molecule has 15 heteroatoms. The molecule has 1 aromatic carbocycles. The lowest BCUT2D eigenvalue weighted by molar-refractivity contribution is -0.457. The molecule has 3 unspecified atom stereocenters. The SMILES string of the molecule is C[C@]12CCC3c4ccc(OCCCN5CCN(CCCN)CC5)cc4CCC3C1CC[C@@H]2OCCCOC(C(F)(F)F)(C(F)(F)F)C(F)(F)F. The Balaban J connectivity index is 1.08. The Morgan fingerprint density at radius 3 is 2.04 bits per heavy atom. The number of benzene rings is 1. The number of hydrogen-bond acceptors (Lipinski definition) is 6. The van der Waals surface area contributed by atoms with Crippen LogP contribution in [0.15, 0.2) is 18.2 Å². The van der Waals surface area contributed by atoms with Crippen molar-refractivity contribution < 1.29 is 53.7 Å². The Kier molecular flexibility index (Phi) is 12.3. The van der Waals surface area contributed by atoms with E-state index in [2.05, 4.69) is 39.7 Å². The van der Waals surface area contributed by atoms with Gasteiger partial charge in [-0.3, -0.25) is 0 Å². The summed E-state index contributed by atoms with van der Waals surface area (Å²) in [6, 6.07) is 6.42. The topological polar surface area (TPSA) is 60.2 Å². The molecule has 0 spiro atoms. The van der Waals surface area contributed by atoms with Crippen molar-refractivity contribution in [3.63, 3.8) is 0 Å². The van der Waals surface area contributed by atoms with Gasteiger partial charge in [-0.1, -0.05) is 13.0 Å². The van der Waals surface area contributed by atoms with E-state index in [9.17, 15) is 39.5 Å². The highest BCUT2D eigenvalue weighted by molar-refractivity contribution is 5.40. The van der Waals surface area contributed by atoms with Gasteiger partial charge < -0.3 is 29.7 Å². The van der Waals surface area contributed by atoms with Crippen molar-refractivity contribution in [3.05, 3.63) is 29.3 Å². The van der Waals surface area contributed by atoms with Crippen molar-refractivity contribution in [2.75, 3.05) is 65.6 Å². The minimum absolute atomic E-state index is 0.243. The summed E-state index contributed by atoms with van der Waals surface area (Å²) in [6.45, 7) is 8.15. The molecule has 1 aliphatic heterocycles. The number of alkyl halides is 9. The summed E-state index contributed by atoms with van der Waals surface area (Å²) in [5.74, 6) is 1.99. The van der Waals surface area contributed by atoms with E-state index in [-0.39, 0.29) is 18.1 Å². The monoisotopic (exact) mass is 731 g/mol. The molecular weight excluding hydrogens is 681 g/mol. The number of aryl methyl sites for hydroxylation is 1. The van der Waals surface area contributed by atoms with Crippen LogP contribution >= 0.6 is 0 Å². The highest BCUT2D eigenvalue weighted by atomic mass is 19.4. The quantitative estimate of drug-likeness (QED) is 0.158. The number of ether oxygens (including phenoxy) is 3. The van der Waals surface area contributed by atoms with Gasteiger partial charge in [-0.25, -0.2) is 0 Å². The minimum Gasteiger partial charge on any atom is -0.494 e. The Hall–Kier alpha value is -1.81. The molecule has 6 nitrogen and oxygen atoms in total. The second-order valence-electron chi connectivity index (χ2n) is 14.7. The third kappa shape index (κ3) is 8.06. The number of nitrogens with two attached hydrogens (primary N) is 1. The van der Waals surface area contributed by atoms with Crippen LogP contribution in [-0.2, 0) is 15.9 Å². The Morgan fingerprint density at radius 2 is 1.42 bits per heavy atom. The Labute approximate surface area is 288 Å². The summed E-state index contributed by atoms with van der Waals surface area (Å²) in [7, 11) is 0. The number of rotatable bonds is 14.